The summed E-state index contributed by atoms with van der Waals surface area (Å²) in [5.74, 6) is -1.63. The maximum Gasteiger partial charge on any atom is 0.446 e. The molecule has 0 unspecified atom stereocenters. The fraction of sp³-hybridized carbons (Fsp3) is 0.300. The van der Waals surface area contributed by atoms with Gasteiger partial charge in [0.25, 0.3) is 0 Å². The fourth-order valence-corrected chi connectivity index (χ4v) is 2.11. The summed E-state index contributed by atoms with van der Waals surface area (Å²) in [5.41, 5.74) is -4.88. The van der Waals surface area contributed by atoms with Crippen molar-refractivity contribution in [2.45, 2.75) is 16.8 Å². The van der Waals surface area contributed by atoms with Crippen molar-refractivity contribution in [3.05, 3.63) is 29.6 Å². The second kappa shape index (κ2) is 5.86. The molecular weight excluding hydrogens is 324 g/mol. The van der Waals surface area contributed by atoms with Gasteiger partial charge in [-0.1, -0.05) is 22.0 Å². The molecule has 7 heteroatoms. The smallest absolute Gasteiger partial charge is 0.294 e. The molecule has 0 saturated heterocycles. The second-order valence-corrected chi connectivity index (χ2v) is 4.93. The van der Waals surface area contributed by atoms with Crippen molar-refractivity contribution in [2.75, 3.05) is 5.33 Å². The second-order valence-electron chi connectivity index (χ2n) is 3.03. The Balaban J connectivity index is 3.03. The third-order valence-corrected chi connectivity index (χ3v) is 2.97. The SMILES string of the molecule is O=C(CCBr)c1cccc(SC(F)(F)F)c1F. The molecule has 0 amide bonds. The number of halogens is 5. The molecule has 0 heterocycles. The lowest BCUT2D eigenvalue weighted by Gasteiger charge is -2.08. The predicted octanol–water partition coefficient (Wildman–Crippen LogP) is 4.41. The summed E-state index contributed by atoms with van der Waals surface area (Å²) in [4.78, 5) is 10.8. The minimum absolute atomic E-state index is 0.0387. The Morgan fingerprint density at radius 2 is 2.00 bits per heavy atom. The third kappa shape index (κ3) is 4.31. The van der Waals surface area contributed by atoms with Crippen molar-refractivity contribution in [1.82, 2.24) is 0 Å². The molecule has 0 fully saturated rings. The summed E-state index contributed by atoms with van der Waals surface area (Å²) in [6.45, 7) is 0. The first-order valence-corrected chi connectivity index (χ1v) is 6.42. The normalized spacial score (nSPS) is 11.6. The molecule has 0 aliphatic carbocycles. The number of hydrogen-bond donors (Lipinski definition) is 0. The highest BCUT2D eigenvalue weighted by Gasteiger charge is 2.31. The summed E-state index contributed by atoms with van der Waals surface area (Å²) in [6.07, 6.45) is 0.0387. The summed E-state index contributed by atoms with van der Waals surface area (Å²) in [6, 6.07) is 3.41. The van der Waals surface area contributed by atoms with E-state index in [2.05, 4.69) is 15.9 Å². The van der Waals surface area contributed by atoms with Gasteiger partial charge in [-0.15, -0.1) is 0 Å². The number of carbonyl (C=O) groups is 1. The van der Waals surface area contributed by atoms with Crippen LogP contribution in [0.15, 0.2) is 23.1 Å². The van der Waals surface area contributed by atoms with Gasteiger partial charge in [0.15, 0.2) is 5.78 Å². The van der Waals surface area contributed by atoms with Crippen LogP contribution in [-0.4, -0.2) is 16.6 Å². The Bertz CT molecular complexity index is 419. The first-order valence-electron chi connectivity index (χ1n) is 4.48. The van der Waals surface area contributed by atoms with E-state index in [0.29, 0.717) is 5.33 Å². The highest BCUT2D eigenvalue weighted by Crippen LogP contribution is 2.38. The van der Waals surface area contributed by atoms with Crippen molar-refractivity contribution < 1.29 is 22.4 Å². The fourth-order valence-electron chi connectivity index (χ4n) is 1.15. The van der Waals surface area contributed by atoms with Crippen LogP contribution in [-0.2, 0) is 0 Å². The Hall–Kier alpha value is -0.560. The summed E-state index contributed by atoms with van der Waals surface area (Å²) >= 11 is 2.45. The molecular formula is C10H7BrF4OS. The van der Waals surface area contributed by atoms with Gasteiger partial charge in [0.1, 0.15) is 5.82 Å². The molecule has 0 spiro atoms. The van der Waals surface area contributed by atoms with E-state index in [0.717, 1.165) is 6.07 Å². The molecule has 0 aliphatic rings. The number of Topliss-reactive ketones (excluding diaryl/α,β-unsaturated/α-hetero) is 1. The van der Waals surface area contributed by atoms with Crippen molar-refractivity contribution in [3.63, 3.8) is 0 Å². The van der Waals surface area contributed by atoms with Gasteiger partial charge in [0.05, 0.1) is 10.5 Å². The molecule has 17 heavy (non-hydrogen) atoms. The monoisotopic (exact) mass is 330 g/mol. The number of ketones is 1. The van der Waals surface area contributed by atoms with Crippen LogP contribution < -0.4 is 0 Å². The van der Waals surface area contributed by atoms with Gasteiger partial charge in [-0.3, -0.25) is 4.79 Å². The van der Waals surface area contributed by atoms with Gasteiger partial charge in [-0.2, -0.15) is 13.2 Å². The molecule has 94 valence electrons. The minimum atomic E-state index is -4.57. The number of carbonyl (C=O) groups excluding carboxylic acids is 1. The van der Waals surface area contributed by atoms with Crippen molar-refractivity contribution in [2.24, 2.45) is 0 Å². The number of rotatable bonds is 4. The van der Waals surface area contributed by atoms with Gasteiger partial charge in [0, 0.05) is 11.8 Å². The highest BCUT2D eigenvalue weighted by atomic mass is 79.9. The summed E-state index contributed by atoms with van der Waals surface area (Å²) < 4.78 is 49.9. The third-order valence-electron chi connectivity index (χ3n) is 1.81. The van der Waals surface area contributed by atoms with Crippen LogP contribution in [0.3, 0.4) is 0 Å². The van der Waals surface area contributed by atoms with E-state index < -0.39 is 33.8 Å². The first-order chi connectivity index (χ1) is 7.85. The Labute approximate surface area is 108 Å². The lowest BCUT2D eigenvalue weighted by Crippen LogP contribution is -2.06. The molecule has 1 aromatic rings. The van der Waals surface area contributed by atoms with Crippen molar-refractivity contribution >= 4 is 33.5 Å². The average Bonchev–Trinajstić information content (AvgIpc) is 2.19. The van der Waals surface area contributed by atoms with E-state index in [1.54, 1.807) is 0 Å². The van der Waals surface area contributed by atoms with E-state index in [9.17, 15) is 22.4 Å². The van der Waals surface area contributed by atoms with Crippen LogP contribution in [0.5, 0.6) is 0 Å². The number of alkyl halides is 4. The van der Waals surface area contributed by atoms with Crippen LogP contribution in [0.4, 0.5) is 17.6 Å². The summed E-state index contributed by atoms with van der Waals surface area (Å²) in [7, 11) is 0. The minimum Gasteiger partial charge on any atom is -0.294 e. The Kier molecular flexibility index (Phi) is 5.00. The summed E-state index contributed by atoms with van der Waals surface area (Å²) in [5, 5.41) is 0.335. The van der Waals surface area contributed by atoms with Crippen LogP contribution in [0.1, 0.15) is 16.8 Å². The quantitative estimate of drug-likeness (QED) is 0.352. The molecule has 0 aromatic heterocycles. The van der Waals surface area contributed by atoms with E-state index >= 15 is 0 Å². The molecule has 0 bridgehead atoms. The number of benzene rings is 1. The zero-order valence-electron chi connectivity index (χ0n) is 8.35. The van der Waals surface area contributed by atoms with Crippen LogP contribution >= 0.6 is 27.7 Å². The number of hydrogen-bond acceptors (Lipinski definition) is 2. The van der Waals surface area contributed by atoms with E-state index in [-0.39, 0.29) is 12.0 Å². The Morgan fingerprint density at radius 3 is 2.53 bits per heavy atom. The first kappa shape index (κ1) is 14.5. The zero-order chi connectivity index (χ0) is 13.1. The largest absolute Gasteiger partial charge is 0.446 e. The lowest BCUT2D eigenvalue weighted by atomic mass is 10.1. The number of thioether (sulfide) groups is 1. The molecule has 0 aliphatic heterocycles. The van der Waals surface area contributed by atoms with Crippen LogP contribution in [0.2, 0.25) is 0 Å². The van der Waals surface area contributed by atoms with Crippen molar-refractivity contribution in [1.29, 1.82) is 0 Å². The maximum absolute atomic E-state index is 13.6. The van der Waals surface area contributed by atoms with Gasteiger partial charge in [-0.25, -0.2) is 4.39 Å². The lowest BCUT2D eigenvalue weighted by molar-refractivity contribution is -0.0329. The maximum atomic E-state index is 13.6. The van der Waals surface area contributed by atoms with Crippen molar-refractivity contribution in [3.8, 4) is 0 Å². The van der Waals surface area contributed by atoms with E-state index in [1.807, 2.05) is 0 Å². The standard InChI is InChI=1S/C10H7BrF4OS/c11-5-4-7(16)6-2-1-3-8(9(6)12)17-10(13,14)15/h1-3H,4-5H2. The predicted molar refractivity (Wildman–Crippen MR) is 61.1 cm³/mol. The molecule has 1 nitrogen and oxygen atoms in total. The molecule has 0 N–H and O–H groups in total. The molecule has 1 rings (SSSR count). The zero-order valence-corrected chi connectivity index (χ0v) is 10.8. The van der Waals surface area contributed by atoms with Gasteiger partial charge < -0.3 is 0 Å². The molecule has 0 saturated carbocycles. The molecule has 0 atom stereocenters. The Morgan fingerprint density at radius 1 is 1.35 bits per heavy atom. The average molecular weight is 331 g/mol. The highest BCUT2D eigenvalue weighted by molar-refractivity contribution is 9.09. The van der Waals surface area contributed by atoms with Crippen LogP contribution in [0, 0.1) is 5.82 Å². The van der Waals surface area contributed by atoms with E-state index in [4.69, 9.17) is 0 Å². The van der Waals surface area contributed by atoms with E-state index in [1.165, 1.54) is 12.1 Å². The van der Waals surface area contributed by atoms with Gasteiger partial charge in [0.2, 0.25) is 0 Å². The van der Waals surface area contributed by atoms with Gasteiger partial charge in [-0.05, 0) is 23.9 Å². The van der Waals surface area contributed by atoms with Crippen LogP contribution in [0.25, 0.3) is 0 Å². The topological polar surface area (TPSA) is 17.1 Å². The molecule has 1 aromatic carbocycles. The molecule has 0 radical (unpaired) electrons. The van der Waals surface area contributed by atoms with Gasteiger partial charge >= 0.3 is 5.51 Å².